The number of imidazole rings is 1. The van der Waals surface area contributed by atoms with Crippen molar-refractivity contribution in [2.24, 2.45) is 0 Å². The van der Waals surface area contributed by atoms with E-state index in [9.17, 15) is 4.79 Å². The molecule has 0 saturated carbocycles. The minimum atomic E-state index is -1.02. The van der Waals surface area contributed by atoms with Crippen molar-refractivity contribution in [1.29, 1.82) is 0 Å². The third-order valence-electron chi connectivity index (χ3n) is 2.37. The molecule has 0 fully saturated rings. The predicted molar refractivity (Wildman–Crippen MR) is 58.8 cm³/mol. The first kappa shape index (κ1) is 10.6. The van der Waals surface area contributed by atoms with E-state index in [2.05, 4.69) is 10.1 Å². The van der Waals surface area contributed by atoms with Gasteiger partial charge in [0.05, 0.1) is 11.2 Å². The van der Waals surface area contributed by atoms with Gasteiger partial charge in [-0.1, -0.05) is 13.8 Å². The summed E-state index contributed by atoms with van der Waals surface area (Å²) in [5, 5.41) is 13.3. The molecule has 2 aromatic rings. The first-order valence-corrected chi connectivity index (χ1v) is 5.10. The number of aromatic nitrogens is 3. The van der Waals surface area contributed by atoms with Crippen LogP contribution < -0.4 is 0 Å². The molecule has 0 aromatic carbocycles. The average molecular weight is 219 g/mol. The topological polar surface area (TPSA) is 67.5 Å². The van der Waals surface area contributed by atoms with Gasteiger partial charge in [-0.2, -0.15) is 5.10 Å². The molecule has 0 aliphatic rings. The van der Waals surface area contributed by atoms with Gasteiger partial charge in [-0.25, -0.2) is 14.3 Å². The van der Waals surface area contributed by atoms with Crippen LogP contribution in [0.4, 0.5) is 0 Å². The Bertz CT molecular complexity index is 558. The Morgan fingerprint density at radius 3 is 2.69 bits per heavy atom. The number of carboxylic acids is 1. The smallest absolute Gasteiger partial charge is 0.356 e. The lowest BCUT2D eigenvalue weighted by atomic mass is 10.2. The molecule has 0 amide bonds. The largest absolute Gasteiger partial charge is 0.476 e. The fourth-order valence-electron chi connectivity index (χ4n) is 1.62. The van der Waals surface area contributed by atoms with Crippen LogP contribution in [0, 0.1) is 6.92 Å². The highest BCUT2D eigenvalue weighted by Gasteiger charge is 2.19. The fraction of sp³-hybridized carbons (Fsp3) is 0.364. The van der Waals surface area contributed by atoms with Crippen LogP contribution in [-0.2, 0) is 0 Å². The second-order valence-corrected chi connectivity index (χ2v) is 4.05. The second kappa shape index (κ2) is 3.59. The summed E-state index contributed by atoms with van der Waals surface area (Å²) in [6.45, 7) is 5.79. The number of nitrogens with zero attached hydrogens (tertiary/aromatic N) is 3. The van der Waals surface area contributed by atoms with Crippen molar-refractivity contribution < 1.29 is 9.90 Å². The molecule has 0 spiro atoms. The van der Waals surface area contributed by atoms with Gasteiger partial charge in [-0.05, 0) is 19.1 Å². The molecule has 2 aromatic heterocycles. The van der Waals surface area contributed by atoms with Crippen LogP contribution >= 0.6 is 0 Å². The Balaban J connectivity index is 2.81. The number of hydrogen-bond donors (Lipinski definition) is 1. The Hall–Kier alpha value is -1.91. The van der Waals surface area contributed by atoms with Crippen molar-refractivity contribution in [3.05, 3.63) is 29.3 Å². The summed E-state index contributed by atoms with van der Waals surface area (Å²) >= 11 is 0. The van der Waals surface area contributed by atoms with Crippen LogP contribution in [0.5, 0.6) is 0 Å². The zero-order valence-electron chi connectivity index (χ0n) is 9.43. The Labute approximate surface area is 92.7 Å². The zero-order chi connectivity index (χ0) is 11.9. The summed E-state index contributed by atoms with van der Waals surface area (Å²) in [5.41, 5.74) is 1.45. The summed E-state index contributed by atoms with van der Waals surface area (Å²) in [4.78, 5) is 15.2. The molecule has 2 rings (SSSR count). The maximum absolute atomic E-state index is 11.0. The van der Waals surface area contributed by atoms with E-state index >= 15 is 0 Å². The Kier molecular flexibility index (Phi) is 2.38. The molecule has 1 N–H and O–H groups in total. The number of aryl methyl sites for hydroxylation is 1. The van der Waals surface area contributed by atoms with E-state index < -0.39 is 5.97 Å². The van der Waals surface area contributed by atoms with E-state index in [-0.39, 0.29) is 11.6 Å². The minimum absolute atomic E-state index is 0.0659. The molecular formula is C11H13N3O2. The lowest BCUT2D eigenvalue weighted by Gasteiger charge is -2.02. The summed E-state index contributed by atoms with van der Waals surface area (Å²) in [5.74, 6) is -0.207. The van der Waals surface area contributed by atoms with Crippen molar-refractivity contribution in [1.82, 2.24) is 14.6 Å². The summed E-state index contributed by atoms with van der Waals surface area (Å²) < 4.78 is 1.61. The van der Waals surface area contributed by atoms with Gasteiger partial charge in [0.25, 0.3) is 0 Å². The van der Waals surface area contributed by atoms with Crippen LogP contribution in [0.3, 0.4) is 0 Å². The van der Waals surface area contributed by atoms with Crippen molar-refractivity contribution in [3.63, 3.8) is 0 Å². The van der Waals surface area contributed by atoms with Gasteiger partial charge >= 0.3 is 5.97 Å². The minimum Gasteiger partial charge on any atom is -0.476 e. The molecule has 0 atom stereocenters. The molecule has 0 aliphatic carbocycles. The second-order valence-electron chi connectivity index (χ2n) is 4.05. The van der Waals surface area contributed by atoms with Crippen LogP contribution in [0.2, 0.25) is 0 Å². The van der Waals surface area contributed by atoms with Crippen molar-refractivity contribution in [2.45, 2.75) is 26.7 Å². The molecule has 5 nitrogen and oxygen atoms in total. The van der Waals surface area contributed by atoms with Crippen LogP contribution in [0.1, 0.15) is 41.8 Å². The number of carbonyl (C=O) groups is 1. The summed E-state index contributed by atoms with van der Waals surface area (Å²) in [6, 6.07) is 3.53. The molecule has 2 heterocycles. The van der Waals surface area contributed by atoms with E-state index in [0.717, 1.165) is 5.69 Å². The number of carboxylic acid groups (broad SMARTS) is 1. The van der Waals surface area contributed by atoms with E-state index in [1.54, 1.807) is 16.6 Å². The highest BCUT2D eigenvalue weighted by Crippen LogP contribution is 2.18. The van der Waals surface area contributed by atoms with E-state index in [1.165, 1.54) is 0 Å². The van der Waals surface area contributed by atoms with Gasteiger partial charge in [0.15, 0.2) is 5.69 Å². The number of fused-ring (bicyclic) bond motifs is 1. The zero-order valence-corrected chi connectivity index (χ0v) is 9.43. The number of rotatable bonds is 2. The molecule has 0 radical (unpaired) electrons. The highest BCUT2D eigenvalue weighted by atomic mass is 16.4. The third-order valence-corrected chi connectivity index (χ3v) is 2.37. The lowest BCUT2D eigenvalue weighted by Crippen LogP contribution is -2.01. The molecule has 0 unspecified atom stereocenters. The summed E-state index contributed by atoms with van der Waals surface area (Å²) in [6.07, 6.45) is 0. The van der Waals surface area contributed by atoms with Gasteiger partial charge in [-0.15, -0.1) is 0 Å². The molecule has 16 heavy (non-hydrogen) atoms. The SMILES string of the molecule is Cc1ccc2c(C(=O)O)nc(C(C)C)n2n1. The monoisotopic (exact) mass is 219 g/mol. The molecular weight excluding hydrogens is 206 g/mol. The van der Waals surface area contributed by atoms with Crippen molar-refractivity contribution >= 4 is 11.5 Å². The van der Waals surface area contributed by atoms with Gasteiger partial charge < -0.3 is 5.11 Å². The molecule has 5 heteroatoms. The van der Waals surface area contributed by atoms with Crippen molar-refractivity contribution in [3.8, 4) is 0 Å². The summed E-state index contributed by atoms with van der Waals surface area (Å²) in [7, 11) is 0. The fourth-order valence-corrected chi connectivity index (χ4v) is 1.62. The van der Waals surface area contributed by atoms with Gasteiger partial charge in [0.1, 0.15) is 5.82 Å². The first-order valence-electron chi connectivity index (χ1n) is 5.10. The van der Waals surface area contributed by atoms with Crippen molar-refractivity contribution in [2.75, 3.05) is 0 Å². The average Bonchev–Trinajstić information content (AvgIpc) is 2.56. The van der Waals surface area contributed by atoms with E-state index in [0.29, 0.717) is 11.3 Å². The van der Waals surface area contributed by atoms with Gasteiger partial charge in [0.2, 0.25) is 0 Å². The predicted octanol–water partition coefficient (Wildman–Crippen LogP) is 1.86. The highest BCUT2D eigenvalue weighted by molar-refractivity contribution is 5.93. The van der Waals surface area contributed by atoms with Gasteiger partial charge in [-0.3, -0.25) is 0 Å². The van der Waals surface area contributed by atoms with Crippen LogP contribution in [0.25, 0.3) is 5.52 Å². The van der Waals surface area contributed by atoms with Crippen LogP contribution in [-0.4, -0.2) is 25.7 Å². The number of aromatic carboxylic acids is 1. The maximum atomic E-state index is 11.0. The van der Waals surface area contributed by atoms with E-state index in [1.807, 2.05) is 20.8 Å². The first-order chi connectivity index (χ1) is 7.50. The maximum Gasteiger partial charge on any atom is 0.356 e. The van der Waals surface area contributed by atoms with Gasteiger partial charge in [0, 0.05) is 5.92 Å². The molecule has 0 aliphatic heterocycles. The lowest BCUT2D eigenvalue weighted by molar-refractivity contribution is 0.0693. The Morgan fingerprint density at radius 2 is 2.12 bits per heavy atom. The molecule has 0 saturated heterocycles. The third kappa shape index (κ3) is 1.54. The normalized spacial score (nSPS) is 11.2. The standard InChI is InChI=1S/C11H13N3O2/c1-6(2)10-12-9(11(15)16)8-5-4-7(3)13-14(8)10/h4-6H,1-3H3,(H,15,16). The van der Waals surface area contributed by atoms with E-state index in [4.69, 9.17) is 5.11 Å². The quantitative estimate of drug-likeness (QED) is 0.837. The van der Waals surface area contributed by atoms with Crippen LogP contribution in [0.15, 0.2) is 12.1 Å². The molecule has 84 valence electrons. The Morgan fingerprint density at radius 1 is 1.44 bits per heavy atom. The number of hydrogen-bond acceptors (Lipinski definition) is 3. The molecule has 0 bridgehead atoms.